The Balaban J connectivity index is 1.41. The molecule has 5 rings (SSSR count). The zero-order chi connectivity index (χ0) is 19.8. The van der Waals surface area contributed by atoms with E-state index in [-0.39, 0.29) is 11.7 Å². The number of ether oxygens (including phenoxy) is 2. The third kappa shape index (κ3) is 3.55. The lowest BCUT2D eigenvalue weighted by atomic mass is 9.89. The van der Waals surface area contributed by atoms with Crippen LogP contribution in [0.5, 0.6) is 5.75 Å². The highest BCUT2D eigenvalue weighted by Gasteiger charge is 2.38. The third-order valence-corrected chi connectivity index (χ3v) is 5.99. The van der Waals surface area contributed by atoms with Crippen LogP contribution in [-0.2, 0) is 4.74 Å². The van der Waals surface area contributed by atoms with Crippen molar-refractivity contribution in [3.63, 3.8) is 0 Å². The van der Waals surface area contributed by atoms with E-state index in [4.69, 9.17) is 9.47 Å². The zero-order valence-corrected chi connectivity index (χ0v) is 17.0. The first kappa shape index (κ1) is 18.4. The van der Waals surface area contributed by atoms with Crippen molar-refractivity contribution in [2.75, 3.05) is 24.6 Å². The Labute approximate surface area is 170 Å². The fourth-order valence-corrected chi connectivity index (χ4v) is 4.48. The summed E-state index contributed by atoms with van der Waals surface area (Å²) < 4.78 is 11.9. The molecule has 2 aromatic heterocycles. The number of benzene rings is 1. The monoisotopic (exact) mass is 393 g/mol. The highest BCUT2D eigenvalue weighted by molar-refractivity contribution is 5.93. The number of rotatable bonds is 4. The van der Waals surface area contributed by atoms with Gasteiger partial charge in [-0.2, -0.15) is 5.10 Å². The molecule has 2 aliphatic rings. The molecule has 2 fully saturated rings. The van der Waals surface area contributed by atoms with Crippen molar-refractivity contribution in [3.05, 3.63) is 30.6 Å². The Morgan fingerprint density at radius 2 is 2.00 bits per heavy atom. The second-order valence-electron chi connectivity index (χ2n) is 8.33. The highest BCUT2D eigenvalue weighted by Crippen LogP contribution is 2.37. The van der Waals surface area contributed by atoms with E-state index < -0.39 is 0 Å². The second-order valence-corrected chi connectivity index (χ2v) is 8.33. The van der Waals surface area contributed by atoms with Crippen LogP contribution in [0.4, 0.5) is 5.82 Å². The summed E-state index contributed by atoms with van der Waals surface area (Å²) in [5.41, 5.74) is 2.72. The van der Waals surface area contributed by atoms with Crippen LogP contribution in [0.2, 0.25) is 0 Å². The Kier molecular flexibility index (Phi) is 4.62. The molecule has 0 radical (unpaired) electrons. The molecule has 1 N–H and O–H groups in total. The molecular formula is C22H27N5O2. The fourth-order valence-electron chi connectivity index (χ4n) is 4.48. The number of H-pyrrole nitrogens is 1. The number of hydrogen-bond acceptors (Lipinski definition) is 6. The topological polar surface area (TPSA) is 76.2 Å². The predicted octanol–water partition coefficient (Wildman–Crippen LogP) is 3.96. The average Bonchev–Trinajstić information content (AvgIpc) is 3.35. The number of aromatic amines is 1. The van der Waals surface area contributed by atoms with E-state index in [9.17, 15) is 0 Å². The van der Waals surface area contributed by atoms with E-state index in [1.807, 2.05) is 38.1 Å². The Bertz CT molecular complexity index is 999. The fraction of sp³-hybridized carbons (Fsp3) is 0.500. The molecule has 0 bridgehead atoms. The molecule has 0 atom stereocenters. The second kappa shape index (κ2) is 7.30. The maximum absolute atomic E-state index is 6.05. The molecule has 152 valence electrons. The van der Waals surface area contributed by atoms with Crippen LogP contribution >= 0.6 is 0 Å². The zero-order valence-electron chi connectivity index (χ0n) is 17.0. The Morgan fingerprint density at radius 1 is 1.14 bits per heavy atom. The molecule has 2 saturated heterocycles. The summed E-state index contributed by atoms with van der Waals surface area (Å²) in [4.78, 5) is 11.4. The van der Waals surface area contributed by atoms with Gasteiger partial charge in [-0.3, -0.25) is 5.10 Å². The standard InChI is InChI=1S/C22H27N5O2/c1-15(2)29-16-4-5-18-17(12-16)21(26-25-18)19-13-20(24-14-23-19)27-9-7-22(8-10-27)6-3-11-28-22/h4-5,12-15H,3,6-11H2,1-2H3,(H,25,26). The maximum atomic E-state index is 6.05. The molecule has 1 aromatic carbocycles. The minimum atomic E-state index is 0.109. The van der Waals surface area contributed by atoms with Crippen molar-refractivity contribution in [1.82, 2.24) is 20.2 Å². The van der Waals surface area contributed by atoms with E-state index in [1.165, 1.54) is 12.8 Å². The lowest BCUT2D eigenvalue weighted by Crippen LogP contribution is -2.44. The number of aromatic nitrogens is 4. The highest BCUT2D eigenvalue weighted by atomic mass is 16.5. The van der Waals surface area contributed by atoms with E-state index in [0.29, 0.717) is 0 Å². The van der Waals surface area contributed by atoms with Gasteiger partial charge in [-0.15, -0.1) is 0 Å². The number of piperidine rings is 1. The number of nitrogens with zero attached hydrogens (tertiary/aromatic N) is 4. The Morgan fingerprint density at radius 3 is 2.76 bits per heavy atom. The van der Waals surface area contributed by atoms with Gasteiger partial charge in [0.1, 0.15) is 23.6 Å². The van der Waals surface area contributed by atoms with Crippen molar-refractivity contribution >= 4 is 16.7 Å². The molecule has 0 unspecified atom stereocenters. The SMILES string of the molecule is CC(C)Oc1ccc2[nH]nc(-c3cc(N4CCC5(CCCO5)CC4)ncn3)c2c1. The van der Waals surface area contributed by atoms with Gasteiger partial charge in [-0.25, -0.2) is 9.97 Å². The van der Waals surface area contributed by atoms with E-state index >= 15 is 0 Å². The van der Waals surface area contributed by atoms with E-state index in [1.54, 1.807) is 6.33 Å². The van der Waals surface area contributed by atoms with Gasteiger partial charge >= 0.3 is 0 Å². The molecule has 7 nitrogen and oxygen atoms in total. The number of anilines is 1. The minimum Gasteiger partial charge on any atom is -0.491 e. The van der Waals surface area contributed by atoms with Crippen molar-refractivity contribution in [2.45, 2.75) is 51.2 Å². The van der Waals surface area contributed by atoms with Gasteiger partial charge in [0.25, 0.3) is 0 Å². The largest absolute Gasteiger partial charge is 0.491 e. The first-order chi connectivity index (χ1) is 14.1. The molecule has 7 heteroatoms. The number of fused-ring (bicyclic) bond motifs is 1. The van der Waals surface area contributed by atoms with Crippen molar-refractivity contribution in [3.8, 4) is 17.1 Å². The molecular weight excluding hydrogens is 366 g/mol. The van der Waals surface area contributed by atoms with Gasteiger partial charge in [0, 0.05) is 31.1 Å². The number of hydrogen-bond donors (Lipinski definition) is 1. The van der Waals surface area contributed by atoms with Crippen molar-refractivity contribution < 1.29 is 9.47 Å². The lowest BCUT2D eigenvalue weighted by molar-refractivity contribution is -0.0147. The van der Waals surface area contributed by atoms with Crippen LogP contribution < -0.4 is 9.64 Å². The molecule has 0 amide bonds. The smallest absolute Gasteiger partial charge is 0.132 e. The van der Waals surface area contributed by atoms with Crippen LogP contribution in [0.1, 0.15) is 39.5 Å². The summed E-state index contributed by atoms with van der Waals surface area (Å²) in [5.74, 6) is 1.79. The molecule has 2 aliphatic heterocycles. The summed E-state index contributed by atoms with van der Waals surface area (Å²) in [6, 6.07) is 8.03. The van der Waals surface area contributed by atoms with Gasteiger partial charge in [0.15, 0.2) is 0 Å². The van der Waals surface area contributed by atoms with Crippen LogP contribution in [-0.4, -0.2) is 51.6 Å². The lowest BCUT2D eigenvalue weighted by Gasteiger charge is -2.39. The quantitative estimate of drug-likeness (QED) is 0.723. The molecule has 29 heavy (non-hydrogen) atoms. The van der Waals surface area contributed by atoms with E-state index in [0.717, 1.165) is 66.4 Å². The van der Waals surface area contributed by atoms with E-state index in [2.05, 4.69) is 25.1 Å². The first-order valence-corrected chi connectivity index (χ1v) is 10.5. The summed E-state index contributed by atoms with van der Waals surface area (Å²) >= 11 is 0. The predicted molar refractivity (Wildman–Crippen MR) is 112 cm³/mol. The van der Waals surface area contributed by atoms with Crippen LogP contribution in [0, 0.1) is 0 Å². The Hall–Kier alpha value is -2.67. The van der Waals surface area contributed by atoms with Crippen molar-refractivity contribution in [2.24, 2.45) is 0 Å². The first-order valence-electron chi connectivity index (χ1n) is 10.5. The minimum absolute atomic E-state index is 0.109. The van der Waals surface area contributed by atoms with Crippen LogP contribution in [0.3, 0.4) is 0 Å². The maximum Gasteiger partial charge on any atom is 0.132 e. The van der Waals surface area contributed by atoms with Crippen LogP contribution in [0.25, 0.3) is 22.3 Å². The average molecular weight is 393 g/mol. The molecule has 0 saturated carbocycles. The molecule has 1 spiro atoms. The van der Waals surface area contributed by atoms with Gasteiger partial charge in [0.2, 0.25) is 0 Å². The summed E-state index contributed by atoms with van der Waals surface area (Å²) in [6.07, 6.45) is 6.26. The third-order valence-electron chi connectivity index (χ3n) is 5.99. The normalized spacial score (nSPS) is 18.8. The van der Waals surface area contributed by atoms with Gasteiger partial charge in [-0.05, 0) is 57.7 Å². The summed E-state index contributed by atoms with van der Waals surface area (Å²) in [6.45, 7) is 6.88. The van der Waals surface area contributed by atoms with Gasteiger partial charge < -0.3 is 14.4 Å². The summed E-state index contributed by atoms with van der Waals surface area (Å²) in [7, 11) is 0. The molecule has 3 aromatic rings. The van der Waals surface area contributed by atoms with Gasteiger partial charge in [-0.1, -0.05) is 0 Å². The summed E-state index contributed by atoms with van der Waals surface area (Å²) in [5, 5.41) is 8.63. The van der Waals surface area contributed by atoms with Crippen molar-refractivity contribution in [1.29, 1.82) is 0 Å². The van der Waals surface area contributed by atoms with Crippen LogP contribution in [0.15, 0.2) is 30.6 Å². The molecule has 0 aliphatic carbocycles. The van der Waals surface area contributed by atoms with Gasteiger partial charge in [0.05, 0.1) is 22.9 Å². The number of nitrogens with one attached hydrogen (secondary N) is 1. The molecule has 4 heterocycles.